The van der Waals surface area contributed by atoms with Gasteiger partial charge in [-0.15, -0.1) is 0 Å². The lowest BCUT2D eigenvalue weighted by Crippen LogP contribution is -1.79. The van der Waals surface area contributed by atoms with Crippen molar-refractivity contribution in [1.82, 2.24) is 0 Å². The van der Waals surface area contributed by atoms with Gasteiger partial charge >= 0.3 is 0 Å². The summed E-state index contributed by atoms with van der Waals surface area (Å²) in [6, 6.07) is 19.3. The first-order valence-electron chi connectivity index (χ1n) is 7.02. The highest BCUT2D eigenvalue weighted by molar-refractivity contribution is 9.10. The lowest BCUT2D eigenvalue weighted by Gasteiger charge is -2.02. The molecule has 4 aromatic rings. The Bertz CT molecular complexity index is 1030. The summed E-state index contributed by atoms with van der Waals surface area (Å²) in [6.45, 7) is 0. The van der Waals surface area contributed by atoms with Gasteiger partial charge in [-0.05, 0) is 59.0 Å². The highest BCUT2D eigenvalue weighted by atomic mass is 79.9. The highest BCUT2D eigenvalue weighted by Gasteiger charge is 2.21. The Hall–Kier alpha value is -2.06. The zero-order valence-electron chi connectivity index (χ0n) is 11.2. The van der Waals surface area contributed by atoms with Crippen molar-refractivity contribution in [2.24, 2.45) is 0 Å². The maximum atomic E-state index is 5.99. The van der Waals surface area contributed by atoms with Crippen molar-refractivity contribution < 1.29 is 4.42 Å². The van der Waals surface area contributed by atoms with Crippen LogP contribution in [0, 0.1) is 0 Å². The van der Waals surface area contributed by atoms with Crippen molar-refractivity contribution in [2.75, 3.05) is 0 Å². The number of halogens is 1. The maximum Gasteiger partial charge on any atom is 0.135 e. The fourth-order valence-electron chi connectivity index (χ4n) is 3.37. The minimum absolute atomic E-state index is 0.964. The third-order valence-electron chi connectivity index (χ3n) is 4.35. The topological polar surface area (TPSA) is 13.1 Å². The van der Waals surface area contributed by atoms with Gasteiger partial charge in [0, 0.05) is 15.2 Å². The molecule has 1 aliphatic rings. The molecule has 5 rings (SSSR count). The summed E-state index contributed by atoms with van der Waals surface area (Å²) in [5.74, 6) is 0. The molecule has 0 radical (unpaired) electrons. The van der Waals surface area contributed by atoms with E-state index in [9.17, 15) is 0 Å². The molecule has 0 aliphatic heterocycles. The molecule has 1 nitrogen and oxygen atoms in total. The van der Waals surface area contributed by atoms with Crippen LogP contribution in [0.15, 0.2) is 63.5 Å². The molecular weight excluding hydrogens is 324 g/mol. The van der Waals surface area contributed by atoms with Gasteiger partial charge in [0.05, 0.1) is 0 Å². The molecule has 0 saturated carbocycles. The van der Waals surface area contributed by atoms with Crippen LogP contribution in [0.3, 0.4) is 0 Å². The monoisotopic (exact) mass is 334 g/mol. The summed E-state index contributed by atoms with van der Waals surface area (Å²) < 4.78 is 7.12. The van der Waals surface area contributed by atoms with E-state index in [1.54, 1.807) is 0 Å². The fourth-order valence-corrected chi connectivity index (χ4v) is 3.73. The highest BCUT2D eigenvalue weighted by Crippen LogP contribution is 2.42. The van der Waals surface area contributed by atoms with Crippen molar-refractivity contribution in [3.05, 3.63) is 70.2 Å². The number of rotatable bonds is 0. The number of fused-ring (bicyclic) bond motifs is 6. The van der Waals surface area contributed by atoms with Crippen LogP contribution in [0.25, 0.3) is 33.1 Å². The zero-order chi connectivity index (χ0) is 14.0. The van der Waals surface area contributed by atoms with Crippen LogP contribution in [0.2, 0.25) is 0 Å². The molecule has 0 amide bonds. The second-order valence-corrected chi connectivity index (χ2v) is 6.50. The van der Waals surface area contributed by atoms with Crippen LogP contribution in [0.5, 0.6) is 0 Å². The van der Waals surface area contributed by atoms with E-state index < -0.39 is 0 Å². The number of hydrogen-bond donors (Lipinski definition) is 0. The smallest absolute Gasteiger partial charge is 0.135 e. The van der Waals surface area contributed by atoms with Gasteiger partial charge in [-0.3, -0.25) is 0 Å². The maximum absolute atomic E-state index is 5.99. The summed E-state index contributed by atoms with van der Waals surface area (Å²) in [4.78, 5) is 0. The predicted molar refractivity (Wildman–Crippen MR) is 89.7 cm³/mol. The Kier molecular flexibility index (Phi) is 2.20. The Morgan fingerprint density at radius 1 is 0.762 bits per heavy atom. The summed E-state index contributed by atoms with van der Waals surface area (Å²) in [6.07, 6.45) is 0.991. The molecule has 0 atom stereocenters. The second-order valence-electron chi connectivity index (χ2n) is 5.58. The van der Waals surface area contributed by atoms with E-state index in [-0.39, 0.29) is 0 Å². The van der Waals surface area contributed by atoms with E-state index in [1.165, 1.54) is 33.0 Å². The first-order valence-corrected chi connectivity index (χ1v) is 7.82. The molecule has 0 N–H and O–H groups in total. The number of benzene rings is 3. The molecule has 1 aromatic heterocycles. The Morgan fingerprint density at radius 2 is 1.62 bits per heavy atom. The van der Waals surface area contributed by atoms with E-state index in [4.69, 9.17) is 4.42 Å². The van der Waals surface area contributed by atoms with Crippen LogP contribution in [-0.4, -0.2) is 0 Å². The van der Waals surface area contributed by atoms with Gasteiger partial charge in [0.15, 0.2) is 0 Å². The molecule has 3 aromatic carbocycles. The van der Waals surface area contributed by atoms with Gasteiger partial charge < -0.3 is 4.42 Å². The van der Waals surface area contributed by atoms with Crippen LogP contribution < -0.4 is 0 Å². The van der Waals surface area contributed by atoms with Gasteiger partial charge in [0.2, 0.25) is 0 Å². The fraction of sp³-hybridized carbons (Fsp3) is 0.0526. The minimum Gasteiger partial charge on any atom is -0.456 e. The van der Waals surface area contributed by atoms with Crippen LogP contribution in [0.4, 0.5) is 0 Å². The van der Waals surface area contributed by atoms with Gasteiger partial charge in [-0.2, -0.15) is 0 Å². The summed E-state index contributed by atoms with van der Waals surface area (Å²) in [7, 11) is 0. The van der Waals surface area contributed by atoms with Gasteiger partial charge in [-0.25, -0.2) is 0 Å². The molecule has 1 heterocycles. The van der Waals surface area contributed by atoms with Gasteiger partial charge in [0.1, 0.15) is 11.2 Å². The third-order valence-corrected chi connectivity index (χ3v) is 4.84. The Balaban J connectivity index is 1.89. The number of hydrogen-bond acceptors (Lipinski definition) is 1. The quantitative estimate of drug-likeness (QED) is 0.342. The van der Waals surface area contributed by atoms with Crippen LogP contribution >= 0.6 is 15.9 Å². The molecule has 2 heteroatoms. The first kappa shape index (κ1) is 11.6. The van der Waals surface area contributed by atoms with Crippen LogP contribution in [-0.2, 0) is 6.42 Å². The van der Waals surface area contributed by atoms with Gasteiger partial charge in [-0.1, -0.05) is 40.2 Å². The molecule has 100 valence electrons. The van der Waals surface area contributed by atoms with E-state index >= 15 is 0 Å². The van der Waals surface area contributed by atoms with E-state index in [0.717, 1.165) is 22.1 Å². The molecule has 1 aliphatic carbocycles. The predicted octanol–water partition coefficient (Wildman–Crippen LogP) is 5.92. The van der Waals surface area contributed by atoms with Crippen molar-refractivity contribution in [2.45, 2.75) is 6.42 Å². The van der Waals surface area contributed by atoms with E-state index in [1.807, 2.05) is 12.1 Å². The lowest BCUT2D eigenvalue weighted by atomic mass is 10.0. The minimum atomic E-state index is 0.964. The van der Waals surface area contributed by atoms with Gasteiger partial charge in [0.25, 0.3) is 0 Å². The lowest BCUT2D eigenvalue weighted by molar-refractivity contribution is 0.668. The third kappa shape index (κ3) is 1.57. The average Bonchev–Trinajstić information content (AvgIpc) is 3.02. The first-order chi connectivity index (χ1) is 10.3. The largest absolute Gasteiger partial charge is 0.456 e. The molecule has 0 bridgehead atoms. The summed E-state index contributed by atoms with van der Waals surface area (Å²) >= 11 is 3.58. The SMILES string of the molecule is Brc1ccc2c(c1)-c1cc3c(cc1C2)oc1ccccc13. The zero-order valence-corrected chi connectivity index (χ0v) is 12.8. The average molecular weight is 335 g/mol. The molecular formula is C19H11BrO. The Morgan fingerprint density at radius 3 is 2.57 bits per heavy atom. The standard InChI is InChI=1S/C19H11BrO/c20-13-6-5-11-7-12-8-19-17(10-16(12)15(11)9-13)14-3-1-2-4-18(14)21-19/h1-6,8-10H,7H2. The number of furan rings is 1. The van der Waals surface area contributed by atoms with Crippen molar-refractivity contribution in [1.29, 1.82) is 0 Å². The normalized spacial score (nSPS) is 12.8. The molecule has 0 saturated heterocycles. The van der Waals surface area contributed by atoms with E-state index in [0.29, 0.717) is 0 Å². The summed E-state index contributed by atoms with van der Waals surface area (Å²) in [5, 5.41) is 2.40. The molecule has 21 heavy (non-hydrogen) atoms. The van der Waals surface area contributed by atoms with Crippen LogP contribution in [0.1, 0.15) is 11.1 Å². The molecule has 0 fully saturated rings. The van der Waals surface area contributed by atoms with Crippen molar-refractivity contribution >= 4 is 37.9 Å². The van der Waals surface area contributed by atoms with Crippen molar-refractivity contribution in [3.63, 3.8) is 0 Å². The second kappa shape index (κ2) is 3.99. The van der Waals surface area contributed by atoms with Crippen molar-refractivity contribution in [3.8, 4) is 11.1 Å². The molecule has 0 unspecified atom stereocenters. The molecule has 0 spiro atoms. The van der Waals surface area contributed by atoms with E-state index in [2.05, 4.69) is 58.4 Å². The number of para-hydroxylation sites is 1. The summed E-state index contributed by atoms with van der Waals surface area (Å²) in [5.41, 5.74) is 7.38. The Labute approximate surface area is 130 Å².